The summed E-state index contributed by atoms with van der Waals surface area (Å²) < 4.78 is 0. The van der Waals surface area contributed by atoms with E-state index in [9.17, 15) is 5.11 Å². The molecule has 0 spiro atoms. The van der Waals surface area contributed by atoms with Crippen LogP contribution in [-0.2, 0) is 4.84 Å². The molecule has 1 heterocycles. The van der Waals surface area contributed by atoms with Gasteiger partial charge in [-0.3, -0.25) is 4.84 Å². The van der Waals surface area contributed by atoms with Crippen LogP contribution < -0.4 is 5.06 Å². The molecule has 1 aliphatic heterocycles. The molecule has 0 bridgehead atoms. The second kappa shape index (κ2) is 2.97. The van der Waals surface area contributed by atoms with Crippen LogP contribution in [0, 0.1) is 0 Å². The third-order valence-corrected chi connectivity index (χ3v) is 2.73. The summed E-state index contributed by atoms with van der Waals surface area (Å²) in [6.07, 6.45) is 0. The number of benzene rings is 1. The minimum Gasteiger partial charge on any atom is -0.363 e. The molecule has 64 valence electrons. The van der Waals surface area contributed by atoms with E-state index in [2.05, 4.69) is 0 Å². The van der Waals surface area contributed by atoms with Crippen molar-refractivity contribution in [3.8, 4) is 0 Å². The Morgan fingerprint density at radius 1 is 1.50 bits per heavy atom. The fourth-order valence-electron chi connectivity index (χ4n) is 1.21. The van der Waals surface area contributed by atoms with Gasteiger partial charge in [0.1, 0.15) is 0 Å². The topological polar surface area (TPSA) is 32.7 Å². The second-order valence-electron chi connectivity index (χ2n) is 2.42. The number of thioether (sulfide) groups is 1. The van der Waals surface area contributed by atoms with Crippen LogP contribution in [0.1, 0.15) is 0 Å². The van der Waals surface area contributed by atoms with Crippen LogP contribution in [0.3, 0.4) is 0 Å². The summed E-state index contributed by atoms with van der Waals surface area (Å²) in [7, 11) is 1.55. The van der Waals surface area contributed by atoms with Crippen molar-refractivity contribution in [2.24, 2.45) is 0 Å². The van der Waals surface area contributed by atoms with E-state index in [0.717, 1.165) is 10.6 Å². The number of anilines is 1. The minimum absolute atomic E-state index is 0.618. The zero-order chi connectivity index (χ0) is 8.55. The third kappa shape index (κ3) is 1.08. The first kappa shape index (κ1) is 7.91. The van der Waals surface area contributed by atoms with Crippen molar-refractivity contribution in [1.29, 1.82) is 0 Å². The maximum Gasteiger partial charge on any atom is 0.204 e. The average molecular weight is 183 g/mol. The lowest BCUT2D eigenvalue weighted by Gasteiger charge is -2.18. The van der Waals surface area contributed by atoms with Gasteiger partial charge >= 0.3 is 0 Å². The minimum atomic E-state index is -0.618. The van der Waals surface area contributed by atoms with Gasteiger partial charge < -0.3 is 5.11 Å². The number of aliphatic hydroxyl groups is 1. The van der Waals surface area contributed by atoms with Gasteiger partial charge in [0, 0.05) is 4.90 Å². The van der Waals surface area contributed by atoms with E-state index < -0.39 is 5.56 Å². The lowest BCUT2D eigenvalue weighted by atomic mass is 10.3. The summed E-state index contributed by atoms with van der Waals surface area (Å²) in [4.78, 5) is 6.06. The van der Waals surface area contributed by atoms with E-state index in [1.54, 1.807) is 7.11 Å². The molecule has 4 heteroatoms. The lowest BCUT2D eigenvalue weighted by molar-refractivity contribution is 0.0857. The average Bonchev–Trinajstić information content (AvgIpc) is 2.40. The Balaban J connectivity index is 2.40. The van der Waals surface area contributed by atoms with Crippen LogP contribution in [0.5, 0.6) is 0 Å². The quantitative estimate of drug-likeness (QED) is 0.714. The van der Waals surface area contributed by atoms with Gasteiger partial charge in [-0.1, -0.05) is 23.9 Å². The van der Waals surface area contributed by atoms with Crippen LogP contribution in [0.4, 0.5) is 5.69 Å². The Kier molecular flexibility index (Phi) is 1.96. The number of rotatable bonds is 1. The lowest BCUT2D eigenvalue weighted by Crippen LogP contribution is -2.27. The van der Waals surface area contributed by atoms with Crippen molar-refractivity contribution in [3.63, 3.8) is 0 Å². The molecule has 1 aromatic carbocycles. The monoisotopic (exact) mass is 183 g/mol. The number of aliphatic hydroxyl groups excluding tert-OH is 1. The molecule has 0 fully saturated rings. The Labute approximate surface area is 74.9 Å². The standard InChI is InChI=1S/C8H9NO2S/c1-11-9-6-4-2-3-5-7(6)12-8(9)10/h2-5,8,10H,1H3. The summed E-state index contributed by atoms with van der Waals surface area (Å²) in [5.41, 5.74) is 0.310. The molecule has 1 aliphatic rings. The number of para-hydroxylation sites is 1. The Morgan fingerprint density at radius 3 is 3.00 bits per heavy atom. The van der Waals surface area contributed by atoms with Gasteiger partial charge in [0.2, 0.25) is 5.56 Å². The van der Waals surface area contributed by atoms with Gasteiger partial charge in [-0.15, -0.1) is 0 Å². The van der Waals surface area contributed by atoms with E-state index in [-0.39, 0.29) is 0 Å². The Morgan fingerprint density at radius 2 is 2.25 bits per heavy atom. The number of hydrogen-bond donors (Lipinski definition) is 1. The van der Waals surface area contributed by atoms with Crippen LogP contribution in [0.2, 0.25) is 0 Å². The molecule has 12 heavy (non-hydrogen) atoms. The van der Waals surface area contributed by atoms with Crippen molar-refractivity contribution >= 4 is 17.4 Å². The summed E-state index contributed by atoms with van der Waals surface area (Å²) in [6, 6.07) is 7.74. The van der Waals surface area contributed by atoms with Crippen molar-refractivity contribution in [3.05, 3.63) is 24.3 Å². The first-order valence-corrected chi connectivity index (χ1v) is 4.48. The van der Waals surface area contributed by atoms with E-state index in [1.165, 1.54) is 16.8 Å². The molecule has 0 radical (unpaired) electrons. The Bertz CT molecular complexity index is 292. The van der Waals surface area contributed by atoms with E-state index in [1.807, 2.05) is 24.3 Å². The summed E-state index contributed by atoms with van der Waals surface area (Å²) in [6.45, 7) is 0. The molecular weight excluding hydrogens is 174 g/mol. The maximum absolute atomic E-state index is 9.47. The van der Waals surface area contributed by atoms with Crippen molar-refractivity contribution in [2.75, 3.05) is 12.2 Å². The van der Waals surface area contributed by atoms with Gasteiger partial charge in [-0.25, -0.2) is 5.06 Å². The van der Waals surface area contributed by atoms with Gasteiger partial charge in [-0.2, -0.15) is 0 Å². The van der Waals surface area contributed by atoms with Crippen LogP contribution >= 0.6 is 11.8 Å². The number of hydroxylamine groups is 1. The maximum atomic E-state index is 9.47. The summed E-state index contributed by atoms with van der Waals surface area (Å²) in [5.74, 6) is 0. The summed E-state index contributed by atoms with van der Waals surface area (Å²) >= 11 is 1.38. The molecule has 0 saturated carbocycles. The SMILES string of the molecule is CON1c2ccccc2SC1O. The van der Waals surface area contributed by atoms with Crippen LogP contribution in [0.15, 0.2) is 29.2 Å². The molecule has 0 aliphatic carbocycles. The first-order chi connectivity index (χ1) is 5.83. The van der Waals surface area contributed by atoms with Crippen molar-refractivity contribution < 1.29 is 9.94 Å². The zero-order valence-corrected chi connectivity index (χ0v) is 7.41. The van der Waals surface area contributed by atoms with Gasteiger partial charge in [0.25, 0.3) is 0 Å². The molecule has 0 amide bonds. The summed E-state index contributed by atoms with van der Waals surface area (Å²) in [5, 5.41) is 11.0. The number of nitrogens with zero attached hydrogens (tertiary/aromatic N) is 1. The molecule has 0 saturated heterocycles. The molecular formula is C8H9NO2S. The fraction of sp³-hybridized carbons (Fsp3) is 0.250. The smallest absolute Gasteiger partial charge is 0.204 e. The van der Waals surface area contributed by atoms with Gasteiger partial charge in [0.15, 0.2) is 0 Å². The van der Waals surface area contributed by atoms with E-state index in [4.69, 9.17) is 4.84 Å². The van der Waals surface area contributed by atoms with Gasteiger partial charge in [-0.05, 0) is 12.1 Å². The highest BCUT2D eigenvalue weighted by Crippen LogP contribution is 2.41. The number of fused-ring (bicyclic) bond motifs is 1. The largest absolute Gasteiger partial charge is 0.363 e. The molecule has 2 rings (SSSR count). The molecule has 1 aromatic rings. The second-order valence-corrected chi connectivity index (χ2v) is 3.52. The predicted octanol–water partition coefficient (Wildman–Crippen LogP) is 1.44. The van der Waals surface area contributed by atoms with Crippen LogP contribution in [0.25, 0.3) is 0 Å². The van der Waals surface area contributed by atoms with E-state index in [0.29, 0.717) is 0 Å². The highest BCUT2D eigenvalue weighted by atomic mass is 32.2. The first-order valence-electron chi connectivity index (χ1n) is 3.60. The molecule has 1 N–H and O–H groups in total. The zero-order valence-electron chi connectivity index (χ0n) is 6.60. The number of hydrogen-bond acceptors (Lipinski definition) is 4. The fourth-order valence-corrected chi connectivity index (χ4v) is 2.17. The Hall–Kier alpha value is -0.710. The molecule has 0 aromatic heterocycles. The highest BCUT2D eigenvalue weighted by Gasteiger charge is 2.27. The third-order valence-electron chi connectivity index (χ3n) is 1.73. The van der Waals surface area contributed by atoms with Crippen LogP contribution in [-0.4, -0.2) is 17.8 Å². The van der Waals surface area contributed by atoms with Crippen molar-refractivity contribution in [2.45, 2.75) is 10.5 Å². The van der Waals surface area contributed by atoms with Crippen molar-refractivity contribution in [1.82, 2.24) is 0 Å². The normalized spacial score (nSPS) is 21.2. The van der Waals surface area contributed by atoms with E-state index >= 15 is 0 Å². The predicted molar refractivity (Wildman–Crippen MR) is 47.8 cm³/mol. The molecule has 3 nitrogen and oxygen atoms in total. The molecule has 1 atom stereocenters. The highest BCUT2D eigenvalue weighted by molar-refractivity contribution is 8.00. The molecule has 1 unspecified atom stereocenters. The van der Waals surface area contributed by atoms with Gasteiger partial charge in [0.05, 0.1) is 12.8 Å².